The van der Waals surface area contributed by atoms with Gasteiger partial charge in [0.15, 0.2) is 5.96 Å². The van der Waals surface area contributed by atoms with Crippen LogP contribution in [0, 0.1) is 11.6 Å². The summed E-state index contributed by atoms with van der Waals surface area (Å²) < 4.78 is 28.4. The van der Waals surface area contributed by atoms with Gasteiger partial charge in [-0.25, -0.2) is 13.8 Å². The van der Waals surface area contributed by atoms with Gasteiger partial charge in [-0.05, 0) is 39.6 Å². The molecule has 0 radical (unpaired) electrons. The zero-order valence-corrected chi connectivity index (χ0v) is 20.5. The van der Waals surface area contributed by atoms with Gasteiger partial charge in [0.05, 0.1) is 17.6 Å². The summed E-state index contributed by atoms with van der Waals surface area (Å²) in [5.41, 5.74) is 0.0435. The first-order valence-corrected chi connectivity index (χ1v) is 10.3. The van der Waals surface area contributed by atoms with Gasteiger partial charge in [-0.15, -0.1) is 35.3 Å². The maximum Gasteiger partial charge on any atom is 0.191 e. The number of rotatable bonds is 9. The Bertz CT molecular complexity index is 762. The first kappa shape index (κ1) is 25.7. The molecule has 1 unspecified atom stereocenters. The molecule has 1 atom stereocenters. The van der Waals surface area contributed by atoms with E-state index in [4.69, 9.17) is 0 Å². The molecule has 2 rings (SSSR count). The number of thiazole rings is 1. The summed E-state index contributed by atoms with van der Waals surface area (Å²) in [6, 6.07) is 3.43. The summed E-state index contributed by atoms with van der Waals surface area (Å²) in [5.74, 6) is -0.483. The first-order chi connectivity index (χ1) is 13.5. The zero-order chi connectivity index (χ0) is 20.5. The van der Waals surface area contributed by atoms with Gasteiger partial charge in [-0.3, -0.25) is 4.99 Å². The predicted molar refractivity (Wildman–Crippen MR) is 127 cm³/mol. The minimum atomic E-state index is -0.553. The van der Waals surface area contributed by atoms with E-state index in [0.717, 1.165) is 17.8 Å². The molecule has 2 N–H and O–H groups in total. The van der Waals surface area contributed by atoms with E-state index in [1.165, 1.54) is 23.1 Å². The molecule has 1 aromatic carbocycles. The van der Waals surface area contributed by atoms with Crippen molar-refractivity contribution < 1.29 is 8.78 Å². The van der Waals surface area contributed by atoms with Crippen LogP contribution in [0.15, 0.2) is 29.4 Å². The molecule has 0 saturated carbocycles. The van der Waals surface area contributed by atoms with Crippen molar-refractivity contribution in [3.05, 3.63) is 51.5 Å². The Morgan fingerprint density at radius 3 is 2.45 bits per heavy atom. The van der Waals surface area contributed by atoms with Crippen LogP contribution in [0.3, 0.4) is 0 Å². The van der Waals surface area contributed by atoms with Crippen molar-refractivity contribution in [1.82, 2.24) is 20.5 Å². The second-order valence-corrected chi connectivity index (χ2v) is 7.78. The fourth-order valence-electron chi connectivity index (χ4n) is 2.78. The zero-order valence-electron chi connectivity index (χ0n) is 17.3. The smallest absolute Gasteiger partial charge is 0.191 e. The van der Waals surface area contributed by atoms with Crippen LogP contribution in [-0.4, -0.2) is 49.6 Å². The van der Waals surface area contributed by atoms with E-state index in [-0.39, 0.29) is 36.1 Å². The fourth-order valence-corrected chi connectivity index (χ4v) is 3.64. The second-order valence-electron chi connectivity index (χ2n) is 6.59. The molecule has 1 aromatic heterocycles. The molecule has 0 saturated heterocycles. The van der Waals surface area contributed by atoms with E-state index in [2.05, 4.69) is 27.5 Å². The second kappa shape index (κ2) is 13.1. The highest BCUT2D eigenvalue weighted by Crippen LogP contribution is 2.24. The van der Waals surface area contributed by atoms with E-state index in [1.54, 1.807) is 30.3 Å². The van der Waals surface area contributed by atoms with Gasteiger partial charge in [0, 0.05) is 36.1 Å². The fraction of sp³-hybridized carbons (Fsp3) is 0.500. The van der Waals surface area contributed by atoms with Crippen LogP contribution in [0.4, 0.5) is 8.78 Å². The number of benzene rings is 1. The van der Waals surface area contributed by atoms with E-state index in [1.807, 2.05) is 13.1 Å². The summed E-state index contributed by atoms with van der Waals surface area (Å²) in [4.78, 5) is 12.0. The lowest BCUT2D eigenvalue weighted by atomic mass is 10.0. The number of aryl methyl sites for hydroxylation is 1. The summed E-state index contributed by atoms with van der Waals surface area (Å²) in [6.45, 7) is 5.71. The summed E-state index contributed by atoms with van der Waals surface area (Å²) in [5, 5.41) is 7.53. The third kappa shape index (κ3) is 7.78. The molecule has 0 amide bonds. The highest BCUT2D eigenvalue weighted by molar-refractivity contribution is 14.0. The lowest BCUT2D eigenvalue weighted by molar-refractivity contribution is 0.290. The molecule has 29 heavy (non-hydrogen) atoms. The van der Waals surface area contributed by atoms with E-state index in [9.17, 15) is 8.78 Å². The Kier molecular flexibility index (Phi) is 11.6. The minimum absolute atomic E-state index is 0. The number of likely N-dealkylation sites (N-methyl/N-ethyl adjacent to an activating group) is 1. The molecule has 162 valence electrons. The van der Waals surface area contributed by atoms with Crippen molar-refractivity contribution in [3.63, 3.8) is 0 Å². The average Bonchev–Trinajstić information content (AvgIpc) is 3.11. The van der Waals surface area contributed by atoms with Crippen LogP contribution in [0.2, 0.25) is 0 Å². The largest absolute Gasteiger partial charge is 0.357 e. The molecule has 0 spiro atoms. The summed E-state index contributed by atoms with van der Waals surface area (Å²) >= 11 is 1.72. The van der Waals surface area contributed by atoms with Gasteiger partial charge in [0.2, 0.25) is 0 Å². The number of aromatic nitrogens is 1. The van der Waals surface area contributed by atoms with E-state index in [0.29, 0.717) is 19.0 Å². The minimum Gasteiger partial charge on any atom is -0.357 e. The van der Waals surface area contributed by atoms with Crippen molar-refractivity contribution in [2.75, 3.05) is 33.7 Å². The van der Waals surface area contributed by atoms with Crippen LogP contribution in [0.5, 0.6) is 0 Å². The number of nitrogens with one attached hydrogen (secondary N) is 2. The van der Waals surface area contributed by atoms with Gasteiger partial charge in [-0.2, -0.15) is 0 Å². The summed E-state index contributed by atoms with van der Waals surface area (Å²) in [7, 11) is 3.58. The normalized spacial score (nSPS) is 12.6. The Balaban J connectivity index is 0.00000420. The Labute approximate surface area is 193 Å². The maximum atomic E-state index is 14.2. The van der Waals surface area contributed by atoms with Crippen LogP contribution in [0.1, 0.15) is 35.3 Å². The Morgan fingerprint density at radius 1 is 1.21 bits per heavy atom. The molecular formula is C20H30F2IN5S. The van der Waals surface area contributed by atoms with E-state index >= 15 is 0 Å². The predicted octanol–water partition coefficient (Wildman–Crippen LogP) is 4.00. The van der Waals surface area contributed by atoms with Gasteiger partial charge in [0.25, 0.3) is 0 Å². The standard InChI is InChI=1S/C20H29F2N5S.HI/c1-5-14-12-25-18(28-14)10-11-24-20(23-6-2)26-13-17(27(3)4)19-15(21)8-7-9-16(19)22;/h7-9,12,17H,5-6,10-11,13H2,1-4H3,(H2,23,24,26);1H. The number of nitrogens with zero attached hydrogens (tertiary/aromatic N) is 3. The van der Waals surface area contributed by atoms with Crippen molar-refractivity contribution in [3.8, 4) is 0 Å². The first-order valence-electron chi connectivity index (χ1n) is 9.52. The lowest BCUT2D eigenvalue weighted by Gasteiger charge is -2.24. The van der Waals surface area contributed by atoms with Crippen LogP contribution >= 0.6 is 35.3 Å². The van der Waals surface area contributed by atoms with Gasteiger partial charge < -0.3 is 15.5 Å². The molecule has 2 aromatic rings. The lowest BCUT2D eigenvalue weighted by Crippen LogP contribution is -2.39. The number of aliphatic imine (C=N–C) groups is 1. The summed E-state index contributed by atoms with van der Waals surface area (Å²) in [6.07, 6.45) is 3.71. The maximum absolute atomic E-state index is 14.2. The van der Waals surface area contributed by atoms with Crippen LogP contribution in [-0.2, 0) is 12.8 Å². The molecule has 0 bridgehead atoms. The molecule has 9 heteroatoms. The molecule has 0 aliphatic heterocycles. The van der Waals surface area contributed by atoms with Crippen molar-refractivity contribution in [1.29, 1.82) is 0 Å². The van der Waals surface area contributed by atoms with Crippen LogP contribution in [0.25, 0.3) is 0 Å². The molecule has 5 nitrogen and oxygen atoms in total. The van der Waals surface area contributed by atoms with Crippen LogP contribution < -0.4 is 10.6 Å². The van der Waals surface area contributed by atoms with E-state index < -0.39 is 17.7 Å². The van der Waals surface area contributed by atoms with Crippen molar-refractivity contribution in [2.24, 2.45) is 4.99 Å². The van der Waals surface area contributed by atoms with Gasteiger partial charge in [-0.1, -0.05) is 13.0 Å². The topological polar surface area (TPSA) is 52.6 Å². The Morgan fingerprint density at radius 2 is 1.90 bits per heavy atom. The number of hydrogen-bond acceptors (Lipinski definition) is 4. The number of halogens is 3. The molecule has 0 aliphatic carbocycles. The van der Waals surface area contributed by atoms with Gasteiger partial charge >= 0.3 is 0 Å². The Hall–Kier alpha value is -1.33. The molecule has 0 aliphatic rings. The highest BCUT2D eigenvalue weighted by Gasteiger charge is 2.22. The highest BCUT2D eigenvalue weighted by atomic mass is 127. The SMILES string of the molecule is CCNC(=NCC(c1c(F)cccc1F)N(C)C)NCCc1ncc(CC)s1.I. The quantitative estimate of drug-likeness (QED) is 0.289. The third-order valence-corrected chi connectivity index (χ3v) is 5.51. The van der Waals surface area contributed by atoms with Gasteiger partial charge in [0.1, 0.15) is 11.6 Å². The third-order valence-electron chi connectivity index (χ3n) is 4.30. The molecule has 0 fully saturated rings. The van der Waals surface area contributed by atoms with Crippen molar-refractivity contribution >= 4 is 41.3 Å². The monoisotopic (exact) mass is 537 g/mol. The number of hydrogen-bond donors (Lipinski definition) is 2. The number of guanidine groups is 1. The average molecular weight is 537 g/mol. The molecule has 1 heterocycles. The molecular weight excluding hydrogens is 507 g/mol. The van der Waals surface area contributed by atoms with Crippen molar-refractivity contribution in [2.45, 2.75) is 32.7 Å².